The summed E-state index contributed by atoms with van der Waals surface area (Å²) in [6, 6.07) is 8.72. The van der Waals surface area contributed by atoms with Gasteiger partial charge >= 0.3 is 18.3 Å². The molecule has 10 unspecified atom stereocenters. The number of carbonyl (C=O) groups is 3. The second-order valence-corrected chi connectivity index (χ2v) is 10.1. The van der Waals surface area contributed by atoms with Crippen LogP contribution in [0.4, 0.5) is 14.4 Å². The maximum Gasteiger partial charge on any atom is 0.407 e. The third-order valence-electron chi connectivity index (χ3n) is 7.83. The Kier molecular flexibility index (Phi) is 6.94. The predicted molar refractivity (Wildman–Crippen MR) is 125 cm³/mol. The van der Waals surface area contributed by atoms with Crippen LogP contribution in [-0.2, 0) is 30.3 Å². The van der Waals surface area contributed by atoms with E-state index in [-0.39, 0.29) is 48.7 Å². The van der Waals surface area contributed by atoms with E-state index < -0.39 is 36.7 Å². The van der Waals surface area contributed by atoms with Crippen LogP contribution < -0.4 is 16.0 Å². The molecule has 1 saturated carbocycles. The summed E-state index contributed by atoms with van der Waals surface area (Å²) in [5.74, 6) is -0.315. The number of carbonyl (C=O) groups excluding carboxylic acids is 3. The molecule has 4 aliphatic rings. The van der Waals surface area contributed by atoms with E-state index in [1.807, 2.05) is 51.1 Å². The van der Waals surface area contributed by atoms with Gasteiger partial charge < -0.3 is 39.6 Å². The van der Waals surface area contributed by atoms with Crippen molar-refractivity contribution in [3.8, 4) is 0 Å². The van der Waals surface area contributed by atoms with Crippen molar-refractivity contribution in [2.75, 3.05) is 6.54 Å². The highest BCUT2D eigenvalue weighted by molar-refractivity contribution is 5.71. The Balaban J connectivity index is 1.29. The van der Waals surface area contributed by atoms with E-state index in [0.717, 1.165) is 5.56 Å². The average Bonchev–Trinajstić information content (AvgIpc) is 3.24. The van der Waals surface area contributed by atoms with Crippen molar-refractivity contribution in [2.24, 2.45) is 17.8 Å². The number of benzene rings is 1. The molecule has 11 heteroatoms. The van der Waals surface area contributed by atoms with Gasteiger partial charge in [-0.15, -0.1) is 0 Å². The number of ether oxygens (including phenoxy) is 5. The number of amides is 3. The van der Waals surface area contributed by atoms with E-state index in [9.17, 15) is 14.4 Å². The van der Waals surface area contributed by atoms with Gasteiger partial charge in [0.2, 0.25) is 0 Å². The Morgan fingerprint density at radius 3 is 2.56 bits per heavy atom. The fourth-order valence-electron chi connectivity index (χ4n) is 5.64. The number of alkyl carbamates (subject to hydrolysis) is 3. The molecule has 1 aromatic rings. The average molecular weight is 504 g/mol. The molecule has 1 aromatic carbocycles. The summed E-state index contributed by atoms with van der Waals surface area (Å²) < 4.78 is 29.2. The quantitative estimate of drug-likeness (QED) is 0.521. The summed E-state index contributed by atoms with van der Waals surface area (Å²) in [4.78, 5) is 36.4. The van der Waals surface area contributed by atoms with Gasteiger partial charge in [0.25, 0.3) is 0 Å². The van der Waals surface area contributed by atoms with Crippen LogP contribution in [0.15, 0.2) is 30.3 Å². The first-order valence-electron chi connectivity index (χ1n) is 12.5. The number of hydrogen-bond acceptors (Lipinski definition) is 8. The molecule has 0 radical (unpaired) electrons. The Bertz CT molecular complexity index is 975. The number of hydrogen-bond donors (Lipinski definition) is 3. The minimum Gasteiger partial charge on any atom is -0.445 e. The van der Waals surface area contributed by atoms with E-state index in [2.05, 4.69) is 16.0 Å². The Morgan fingerprint density at radius 1 is 1.03 bits per heavy atom. The minimum absolute atomic E-state index is 0.000308. The Labute approximate surface area is 209 Å². The second-order valence-electron chi connectivity index (χ2n) is 10.1. The molecule has 0 aromatic heterocycles. The van der Waals surface area contributed by atoms with Crippen LogP contribution >= 0.6 is 0 Å². The highest BCUT2D eigenvalue weighted by Crippen LogP contribution is 2.39. The summed E-state index contributed by atoms with van der Waals surface area (Å²) in [6.45, 7) is 6.42. The van der Waals surface area contributed by atoms with Crippen molar-refractivity contribution in [3.05, 3.63) is 35.9 Å². The molecule has 0 spiro atoms. The topological polar surface area (TPSA) is 133 Å². The highest BCUT2D eigenvalue weighted by atomic mass is 16.7. The molecule has 0 bridgehead atoms. The molecular formula is C25H33N3O8. The maximum atomic E-state index is 12.7. The van der Waals surface area contributed by atoms with Gasteiger partial charge in [0, 0.05) is 17.8 Å². The normalized spacial score (nSPS) is 39.4. The first-order valence-corrected chi connectivity index (χ1v) is 12.5. The molecule has 4 fully saturated rings. The molecule has 3 aliphatic heterocycles. The van der Waals surface area contributed by atoms with Crippen LogP contribution in [0.3, 0.4) is 0 Å². The standard InChI is InChI=1S/C25H33N3O8/c1-12-13(2)22(33-18-10-26-23(29)36-21(12)18)34-19-14(3)20-17(28-25(31)35-20)9-16(19)27-24(30)32-11-15-7-5-4-6-8-15/h4-8,12-14,16-22H,9-11H2,1-3H3,(H,26,29)(H,27,30)(H,28,31). The highest BCUT2D eigenvalue weighted by Gasteiger charge is 2.53. The van der Waals surface area contributed by atoms with Crippen LogP contribution in [0.25, 0.3) is 0 Å². The van der Waals surface area contributed by atoms with Crippen LogP contribution in [0, 0.1) is 17.8 Å². The van der Waals surface area contributed by atoms with Crippen molar-refractivity contribution in [1.29, 1.82) is 0 Å². The van der Waals surface area contributed by atoms with E-state index in [4.69, 9.17) is 23.7 Å². The van der Waals surface area contributed by atoms with Crippen molar-refractivity contribution in [1.82, 2.24) is 16.0 Å². The third-order valence-corrected chi connectivity index (χ3v) is 7.83. The second kappa shape index (κ2) is 10.1. The smallest absolute Gasteiger partial charge is 0.407 e. The molecule has 36 heavy (non-hydrogen) atoms. The first-order chi connectivity index (χ1) is 17.3. The molecule has 10 atom stereocenters. The van der Waals surface area contributed by atoms with Crippen molar-refractivity contribution >= 4 is 18.3 Å². The molecule has 196 valence electrons. The Morgan fingerprint density at radius 2 is 1.78 bits per heavy atom. The van der Waals surface area contributed by atoms with Gasteiger partial charge in [0.1, 0.15) is 24.9 Å². The molecule has 5 rings (SSSR count). The third kappa shape index (κ3) is 4.94. The van der Waals surface area contributed by atoms with Gasteiger partial charge in [-0.3, -0.25) is 0 Å². The van der Waals surface area contributed by atoms with Crippen LogP contribution in [-0.4, -0.2) is 67.6 Å². The summed E-state index contributed by atoms with van der Waals surface area (Å²) in [5.41, 5.74) is 0.878. The van der Waals surface area contributed by atoms with Crippen LogP contribution in [0.2, 0.25) is 0 Å². The lowest BCUT2D eigenvalue weighted by molar-refractivity contribution is -0.290. The van der Waals surface area contributed by atoms with Crippen LogP contribution in [0.1, 0.15) is 32.8 Å². The zero-order valence-electron chi connectivity index (χ0n) is 20.5. The summed E-state index contributed by atoms with van der Waals surface area (Å²) >= 11 is 0. The van der Waals surface area contributed by atoms with E-state index in [1.54, 1.807) is 0 Å². The fraction of sp³-hybridized carbons (Fsp3) is 0.640. The lowest BCUT2D eigenvalue weighted by atomic mass is 9.78. The lowest BCUT2D eigenvalue weighted by Gasteiger charge is -2.49. The van der Waals surface area contributed by atoms with Gasteiger partial charge in [-0.2, -0.15) is 0 Å². The largest absolute Gasteiger partial charge is 0.445 e. The summed E-state index contributed by atoms with van der Waals surface area (Å²) in [7, 11) is 0. The zero-order valence-corrected chi connectivity index (χ0v) is 20.5. The van der Waals surface area contributed by atoms with Crippen molar-refractivity contribution in [3.63, 3.8) is 0 Å². The minimum atomic E-state index is -0.599. The van der Waals surface area contributed by atoms with Gasteiger partial charge in [-0.25, -0.2) is 14.4 Å². The lowest BCUT2D eigenvalue weighted by Crippen LogP contribution is -2.63. The van der Waals surface area contributed by atoms with Gasteiger partial charge in [0.05, 0.1) is 24.7 Å². The molecule has 3 saturated heterocycles. The summed E-state index contributed by atoms with van der Waals surface area (Å²) in [6.07, 6.45) is -3.26. The Hall–Kier alpha value is -3.05. The first kappa shape index (κ1) is 24.6. The predicted octanol–water partition coefficient (Wildman–Crippen LogP) is 2.29. The molecule has 3 N–H and O–H groups in total. The molecular weight excluding hydrogens is 470 g/mol. The van der Waals surface area contributed by atoms with E-state index in [1.165, 1.54) is 0 Å². The van der Waals surface area contributed by atoms with Crippen molar-refractivity contribution in [2.45, 2.75) is 76.6 Å². The van der Waals surface area contributed by atoms with Gasteiger partial charge in [0.15, 0.2) is 6.29 Å². The number of rotatable bonds is 5. The molecule has 3 heterocycles. The molecule has 1 aliphatic carbocycles. The van der Waals surface area contributed by atoms with Crippen LogP contribution in [0.5, 0.6) is 0 Å². The van der Waals surface area contributed by atoms with Gasteiger partial charge in [-0.05, 0) is 12.0 Å². The van der Waals surface area contributed by atoms with E-state index in [0.29, 0.717) is 13.0 Å². The molecule has 11 nitrogen and oxygen atoms in total. The number of nitrogens with one attached hydrogen (secondary N) is 3. The van der Waals surface area contributed by atoms with E-state index >= 15 is 0 Å². The fourth-order valence-corrected chi connectivity index (χ4v) is 5.64. The molecule has 3 amide bonds. The SMILES string of the molecule is CC1C(OC2C(NC(=O)OCc3ccccc3)CC3NC(=O)OC3C2C)OC2CNC(=O)OC2C1C. The van der Waals surface area contributed by atoms with Crippen molar-refractivity contribution < 1.29 is 38.1 Å². The maximum absolute atomic E-state index is 12.7. The number of fused-ring (bicyclic) bond motifs is 2. The van der Waals surface area contributed by atoms with Gasteiger partial charge in [-0.1, -0.05) is 51.1 Å². The zero-order chi connectivity index (χ0) is 25.4. The summed E-state index contributed by atoms with van der Waals surface area (Å²) in [5, 5.41) is 8.44. The monoisotopic (exact) mass is 503 g/mol.